The highest BCUT2D eigenvalue weighted by atomic mass is 32.2. The second-order valence-corrected chi connectivity index (χ2v) is 12.7. The zero-order valence-corrected chi connectivity index (χ0v) is 24.2. The van der Waals surface area contributed by atoms with Crippen molar-refractivity contribution in [2.24, 2.45) is 5.92 Å². The van der Waals surface area contributed by atoms with Crippen LogP contribution in [0, 0.1) is 5.92 Å². The first-order valence-electron chi connectivity index (χ1n) is 12.7. The molecule has 4 rings (SSSR count). The SMILES string of the molecule is COc1ccc(CN(C)C[C@@H]2Oc3c(NS(=O)(=O)c4cccs4)cccc3C(=O)N([C@H](C)CO)C[C@@H]2C)cc1. The normalized spacial score (nSPS) is 18.6. The zero-order chi connectivity index (χ0) is 28.2. The quantitative estimate of drug-likeness (QED) is 0.379. The fraction of sp³-hybridized carbons (Fsp3) is 0.393. The molecular formula is C28H35N3O6S2. The summed E-state index contributed by atoms with van der Waals surface area (Å²) in [7, 11) is -0.252. The Balaban J connectivity index is 1.67. The smallest absolute Gasteiger partial charge is 0.271 e. The number of carbonyl (C=O) groups excluding carboxylic acids is 1. The number of anilines is 1. The standard InChI is InChI=1S/C28H35N3O6S2/c1-19-15-31(20(2)18-32)28(33)23-7-5-8-24(29-39(34,35)26-9-6-14-38-26)27(23)37-25(19)17-30(3)16-21-10-12-22(36-4)13-11-21/h5-14,19-20,25,29,32H,15-18H2,1-4H3/t19-,20+,25-/m0/s1. The van der Waals surface area contributed by atoms with Gasteiger partial charge in [-0.2, -0.15) is 0 Å². The van der Waals surface area contributed by atoms with Crippen LogP contribution in [0.15, 0.2) is 64.2 Å². The molecule has 39 heavy (non-hydrogen) atoms. The molecule has 2 aromatic carbocycles. The third kappa shape index (κ3) is 6.73. The number of hydrogen-bond acceptors (Lipinski definition) is 8. The Labute approximate surface area is 234 Å². The minimum absolute atomic E-state index is 0.114. The van der Waals surface area contributed by atoms with E-state index in [9.17, 15) is 18.3 Å². The Bertz CT molecular complexity index is 1360. The monoisotopic (exact) mass is 573 g/mol. The molecule has 0 aliphatic carbocycles. The Morgan fingerprint density at radius 1 is 1.21 bits per heavy atom. The van der Waals surface area contributed by atoms with Gasteiger partial charge in [0.05, 0.1) is 31.0 Å². The molecule has 0 unspecified atom stereocenters. The predicted octanol–water partition coefficient (Wildman–Crippen LogP) is 3.91. The van der Waals surface area contributed by atoms with Gasteiger partial charge < -0.3 is 19.5 Å². The fourth-order valence-corrected chi connectivity index (χ4v) is 6.62. The molecule has 210 valence electrons. The molecule has 3 aromatic rings. The molecule has 0 saturated heterocycles. The Hall–Kier alpha value is -3.12. The number of likely N-dealkylation sites (N-methyl/N-ethyl adjacent to an activating group) is 1. The van der Waals surface area contributed by atoms with Crippen molar-refractivity contribution in [3.63, 3.8) is 0 Å². The van der Waals surface area contributed by atoms with Crippen molar-refractivity contribution in [1.82, 2.24) is 9.80 Å². The van der Waals surface area contributed by atoms with Gasteiger partial charge in [0.2, 0.25) is 0 Å². The first-order chi connectivity index (χ1) is 18.6. The molecule has 1 aliphatic rings. The number of nitrogens with zero attached hydrogens (tertiary/aromatic N) is 2. The third-order valence-electron chi connectivity index (χ3n) is 6.80. The van der Waals surface area contributed by atoms with Gasteiger partial charge in [-0.25, -0.2) is 8.42 Å². The van der Waals surface area contributed by atoms with E-state index in [-0.39, 0.29) is 45.7 Å². The van der Waals surface area contributed by atoms with Gasteiger partial charge in [0, 0.05) is 25.6 Å². The lowest BCUT2D eigenvalue weighted by molar-refractivity contribution is 0.0344. The first-order valence-corrected chi connectivity index (χ1v) is 15.1. The minimum Gasteiger partial charge on any atom is -0.497 e. The summed E-state index contributed by atoms with van der Waals surface area (Å²) in [5.74, 6) is 0.541. The number of amides is 1. The number of fused-ring (bicyclic) bond motifs is 1. The summed E-state index contributed by atoms with van der Waals surface area (Å²) in [6.07, 6.45) is -0.374. The highest BCUT2D eigenvalue weighted by molar-refractivity contribution is 7.94. The average molecular weight is 574 g/mol. The van der Waals surface area contributed by atoms with Crippen LogP contribution in [0.4, 0.5) is 5.69 Å². The van der Waals surface area contributed by atoms with Crippen molar-refractivity contribution < 1.29 is 27.8 Å². The van der Waals surface area contributed by atoms with Gasteiger partial charge in [0.1, 0.15) is 16.1 Å². The molecule has 0 spiro atoms. The van der Waals surface area contributed by atoms with Crippen LogP contribution in [0.2, 0.25) is 0 Å². The number of aliphatic hydroxyl groups excluding tert-OH is 1. The topological polar surface area (TPSA) is 108 Å². The number of thiophene rings is 1. The van der Waals surface area contributed by atoms with Crippen LogP contribution in [0.3, 0.4) is 0 Å². The highest BCUT2D eigenvalue weighted by Gasteiger charge is 2.35. The van der Waals surface area contributed by atoms with E-state index in [4.69, 9.17) is 9.47 Å². The minimum atomic E-state index is -3.87. The van der Waals surface area contributed by atoms with Crippen molar-refractivity contribution in [1.29, 1.82) is 0 Å². The summed E-state index contributed by atoms with van der Waals surface area (Å²) in [6.45, 7) is 5.16. The lowest BCUT2D eigenvalue weighted by Crippen LogP contribution is -2.49. The van der Waals surface area contributed by atoms with Crippen LogP contribution in [-0.4, -0.2) is 75.2 Å². The van der Waals surface area contributed by atoms with Gasteiger partial charge in [-0.05, 0) is 55.2 Å². The van der Waals surface area contributed by atoms with Gasteiger partial charge in [-0.3, -0.25) is 14.4 Å². The van der Waals surface area contributed by atoms with Crippen molar-refractivity contribution >= 4 is 33.0 Å². The van der Waals surface area contributed by atoms with Gasteiger partial charge in [-0.15, -0.1) is 11.3 Å². The Morgan fingerprint density at radius 2 is 1.95 bits per heavy atom. The summed E-state index contributed by atoms with van der Waals surface area (Å²) < 4.78 is 40.7. The van der Waals surface area contributed by atoms with E-state index < -0.39 is 16.1 Å². The summed E-state index contributed by atoms with van der Waals surface area (Å²) in [5.41, 5.74) is 1.55. The van der Waals surface area contributed by atoms with E-state index in [1.807, 2.05) is 38.2 Å². The molecule has 9 nitrogen and oxygen atoms in total. The molecule has 0 radical (unpaired) electrons. The van der Waals surface area contributed by atoms with Crippen LogP contribution in [-0.2, 0) is 16.6 Å². The maximum Gasteiger partial charge on any atom is 0.271 e. The molecule has 0 fully saturated rings. The number of benzene rings is 2. The predicted molar refractivity (Wildman–Crippen MR) is 152 cm³/mol. The first kappa shape index (κ1) is 28.9. The fourth-order valence-electron chi connectivity index (χ4n) is 4.57. The summed E-state index contributed by atoms with van der Waals surface area (Å²) in [4.78, 5) is 17.4. The zero-order valence-electron chi connectivity index (χ0n) is 22.5. The van der Waals surface area contributed by atoms with Gasteiger partial charge in [0.15, 0.2) is 5.75 Å². The molecule has 0 saturated carbocycles. The van der Waals surface area contributed by atoms with Gasteiger partial charge in [0.25, 0.3) is 15.9 Å². The van der Waals surface area contributed by atoms with Crippen LogP contribution >= 0.6 is 11.3 Å². The molecule has 3 atom stereocenters. The molecule has 1 aromatic heterocycles. The number of carbonyl (C=O) groups is 1. The summed E-state index contributed by atoms with van der Waals surface area (Å²) in [6, 6.07) is 15.5. The molecule has 1 aliphatic heterocycles. The molecule has 11 heteroatoms. The number of sulfonamides is 1. The molecule has 1 amide bonds. The highest BCUT2D eigenvalue weighted by Crippen LogP contribution is 2.36. The Kier molecular flexibility index (Phi) is 9.16. The number of nitrogens with one attached hydrogen (secondary N) is 1. The Morgan fingerprint density at radius 3 is 2.59 bits per heavy atom. The van der Waals surface area contributed by atoms with Crippen molar-refractivity contribution in [2.45, 2.75) is 36.7 Å². The van der Waals surface area contributed by atoms with Crippen LogP contribution < -0.4 is 14.2 Å². The van der Waals surface area contributed by atoms with Crippen molar-refractivity contribution in [3.05, 3.63) is 71.1 Å². The number of aliphatic hydroxyl groups is 1. The summed E-state index contributed by atoms with van der Waals surface area (Å²) >= 11 is 1.11. The van der Waals surface area contributed by atoms with Crippen LogP contribution in [0.25, 0.3) is 0 Å². The third-order valence-corrected chi connectivity index (χ3v) is 9.56. The van der Waals surface area contributed by atoms with Gasteiger partial charge >= 0.3 is 0 Å². The van der Waals surface area contributed by atoms with E-state index >= 15 is 0 Å². The number of para-hydroxylation sites is 1. The molecule has 0 bridgehead atoms. The molecule has 2 N–H and O–H groups in total. The van der Waals surface area contributed by atoms with E-state index in [2.05, 4.69) is 9.62 Å². The van der Waals surface area contributed by atoms with Crippen molar-refractivity contribution in [3.8, 4) is 11.5 Å². The number of ether oxygens (including phenoxy) is 2. The molecular weight excluding hydrogens is 538 g/mol. The largest absolute Gasteiger partial charge is 0.497 e. The van der Waals surface area contributed by atoms with E-state index in [0.717, 1.165) is 22.6 Å². The lowest BCUT2D eigenvalue weighted by Gasteiger charge is -2.38. The van der Waals surface area contributed by atoms with E-state index in [1.54, 1.807) is 48.6 Å². The van der Waals surface area contributed by atoms with E-state index in [0.29, 0.717) is 19.6 Å². The van der Waals surface area contributed by atoms with Crippen molar-refractivity contribution in [2.75, 3.05) is 38.6 Å². The second-order valence-electron chi connectivity index (χ2n) is 9.89. The van der Waals surface area contributed by atoms with E-state index in [1.165, 1.54) is 6.07 Å². The number of methoxy groups -OCH3 is 1. The maximum atomic E-state index is 13.6. The lowest BCUT2D eigenvalue weighted by atomic mass is 9.99. The summed E-state index contributed by atoms with van der Waals surface area (Å²) in [5, 5.41) is 11.6. The molecule has 2 heterocycles. The van der Waals surface area contributed by atoms with Crippen LogP contribution in [0.5, 0.6) is 11.5 Å². The number of hydrogen-bond donors (Lipinski definition) is 2. The van der Waals surface area contributed by atoms with Gasteiger partial charge in [-0.1, -0.05) is 31.2 Å². The second kappa shape index (κ2) is 12.4. The number of rotatable bonds is 10. The maximum absolute atomic E-state index is 13.6. The van der Waals surface area contributed by atoms with Crippen LogP contribution in [0.1, 0.15) is 29.8 Å². The average Bonchev–Trinajstić information content (AvgIpc) is 3.47.